The smallest absolute Gasteiger partial charge is 0.147 e. The van der Waals surface area contributed by atoms with Crippen LogP contribution in [0.25, 0.3) is 0 Å². The van der Waals surface area contributed by atoms with Crippen molar-refractivity contribution in [1.29, 1.82) is 0 Å². The summed E-state index contributed by atoms with van der Waals surface area (Å²) in [6.07, 6.45) is 0. The molecule has 1 rings (SSSR count). The summed E-state index contributed by atoms with van der Waals surface area (Å²) in [6.45, 7) is 6.17. The van der Waals surface area contributed by atoms with Gasteiger partial charge in [0.15, 0.2) is 0 Å². The van der Waals surface area contributed by atoms with Gasteiger partial charge in [0.25, 0.3) is 0 Å². The highest BCUT2D eigenvalue weighted by molar-refractivity contribution is 7.85. The van der Waals surface area contributed by atoms with Gasteiger partial charge in [0, 0.05) is 4.90 Å². The number of halogens is 1. The molecule has 0 saturated carbocycles. The Kier molecular flexibility index (Phi) is 4.65. The lowest BCUT2D eigenvalue weighted by atomic mass is 10.2. The molecule has 1 unspecified atom stereocenters. The van der Waals surface area contributed by atoms with Crippen LogP contribution in [0, 0.1) is 5.82 Å². The minimum Gasteiger partial charge on any atom is -0.396 e. The highest BCUT2D eigenvalue weighted by Crippen LogP contribution is 2.15. The van der Waals surface area contributed by atoms with E-state index in [-0.39, 0.29) is 11.3 Å². The molecular weight excluding hydrogens is 241 g/mol. The second kappa shape index (κ2) is 5.60. The van der Waals surface area contributed by atoms with E-state index in [2.05, 4.69) is 0 Å². The summed E-state index contributed by atoms with van der Waals surface area (Å²) in [5.41, 5.74) is 5.16. The molecule has 5 heteroatoms. The van der Waals surface area contributed by atoms with Crippen LogP contribution in [0.5, 0.6) is 0 Å². The SMILES string of the molecule is CC(C)(C)OCCS(=O)c1ccc(N)c(F)c1. The molecule has 1 aromatic carbocycles. The highest BCUT2D eigenvalue weighted by atomic mass is 32.2. The maximum atomic E-state index is 13.2. The van der Waals surface area contributed by atoms with Gasteiger partial charge in [-0.25, -0.2) is 4.39 Å². The van der Waals surface area contributed by atoms with Crippen molar-refractivity contribution < 1.29 is 13.3 Å². The number of anilines is 1. The largest absolute Gasteiger partial charge is 0.396 e. The second-order valence-electron chi connectivity index (χ2n) is 4.69. The normalized spacial score (nSPS) is 13.6. The predicted molar refractivity (Wildman–Crippen MR) is 67.8 cm³/mol. The molecule has 0 spiro atoms. The number of nitrogen functional groups attached to an aromatic ring is 1. The fourth-order valence-corrected chi connectivity index (χ4v) is 2.12. The first-order chi connectivity index (χ1) is 7.79. The van der Waals surface area contributed by atoms with Gasteiger partial charge >= 0.3 is 0 Å². The minimum absolute atomic E-state index is 0.0664. The summed E-state index contributed by atoms with van der Waals surface area (Å²) < 4.78 is 30.4. The number of hydrogen-bond donors (Lipinski definition) is 1. The van der Waals surface area contributed by atoms with Crippen LogP contribution in [0.1, 0.15) is 20.8 Å². The van der Waals surface area contributed by atoms with Crippen molar-refractivity contribution in [2.24, 2.45) is 0 Å². The molecule has 0 saturated heterocycles. The van der Waals surface area contributed by atoms with Crippen LogP contribution in [-0.4, -0.2) is 22.2 Å². The molecule has 0 aromatic heterocycles. The first kappa shape index (κ1) is 14.1. The van der Waals surface area contributed by atoms with E-state index in [0.29, 0.717) is 17.3 Å². The molecule has 0 aliphatic carbocycles. The van der Waals surface area contributed by atoms with Gasteiger partial charge in [-0.15, -0.1) is 0 Å². The molecule has 0 heterocycles. The van der Waals surface area contributed by atoms with Crippen molar-refractivity contribution >= 4 is 16.5 Å². The molecule has 1 aromatic rings. The third-order valence-electron chi connectivity index (χ3n) is 2.04. The summed E-state index contributed by atoms with van der Waals surface area (Å²) in [5, 5.41) is 0. The summed E-state index contributed by atoms with van der Waals surface area (Å²) in [7, 11) is -1.26. The summed E-state index contributed by atoms with van der Waals surface area (Å²) in [5.74, 6) is -0.187. The maximum Gasteiger partial charge on any atom is 0.147 e. The molecule has 96 valence electrons. The lowest BCUT2D eigenvalue weighted by molar-refractivity contribution is 0.00668. The Morgan fingerprint density at radius 3 is 2.59 bits per heavy atom. The van der Waals surface area contributed by atoms with Gasteiger partial charge in [0.05, 0.1) is 34.4 Å². The average Bonchev–Trinajstić information content (AvgIpc) is 2.20. The van der Waals surface area contributed by atoms with E-state index in [4.69, 9.17) is 10.5 Å². The third-order valence-corrected chi connectivity index (χ3v) is 3.36. The van der Waals surface area contributed by atoms with Crippen molar-refractivity contribution in [3.05, 3.63) is 24.0 Å². The van der Waals surface area contributed by atoms with Crippen LogP contribution < -0.4 is 5.73 Å². The van der Waals surface area contributed by atoms with E-state index < -0.39 is 16.6 Å². The Morgan fingerprint density at radius 2 is 2.06 bits per heavy atom. The number of hydrogen-bond acceptors (Lipinski definition) is 3. The monoisotopic (exact) mass is 259 g/mol. The van der Waals surface area contributed by atoms with Gasteiger partial charge in [-0.2, -0.15) is 0 Å². The van der Waals surface area contributed by atoms with E-state index in [1.54, 1.807) is 6.07 Å². The van der Waals surface area contributed by atoms with Crippen molar-refractivity contribution in [3.8, 4) is 0 Å². The van der Waals surface area contributed by atoms with E-state index >= 15 is 0 Å². The van der Waals surface area contributed by atoms with Crippen molar-refractivity contribution in [2.75, 3.05) is 18.1 Å². The standard InChI is InChI=1S/C12H18FNO2S/c1-12(2,3)16-6-7-17(15)9-4-5-11(14)10(13)8-9/h4-5,8H,6-7,14H2,1-3H3. The fourth-order valence-electron chi connectivity index (χ4n) is 1.19. The van der Waals surface area contributed by atoms with E-state index in [9.17, 15) is 8.60 Å². The molecule has 0 amide bonds. The van der Waals surface area contributed by atoms with Crippen LogP contribution in [0.4, 0.5) is 10.1 Å². The number of nitrogens with two attached hydrogens (primary N) is 1. The van der Waals surface area contributed by atoms with E-state index in [1.165, 1.54) is 12.1 Å². The lowest BCUT2D eigenvalue weighted by Gasteiger charge is -2.19. The number of benzene rings is 1. The zero-order valence-corrected chi connectivity index (χ0v) is 11.1. The van der Waals surface area contributed by atoms with Gasteiger partial charge in [0.2, 0.25) is 0 Å². The first-order valence-electron chi connectivity index (χ1n) is 5.37. The van der Waals surface area contributed by atoms with Gasteiger partial charge < -0.3 is 10.5 Å². The molecule has 1 atom stereocenters. The summed E-state index contributed by atoms with van der Waals surface area (Å²) >= 11 is 0. The van der Waals surface area contributed by atoms with Crippen molar-refractivity contribution in [2.45, 2.75) is 31.3 Å². The Morgan fingerprint density at radius 1 is 1.41 bits per heavy atom. The Balaban J connectivity index is 2.56. The summed E-state index contributed by atoms with van der Waals surface area (Å²) in [4.78, 5) is 0.439. The van der Waals surface area contributed by atoms with E-state index in [1.807, 2.05) is 20.8 Å². The van der Waals surface area contributed by atoms with Crippen LogP contribution in [0.2, 0.25) is 0 Å². The molecule has 17 heavy (non-hydrogen) atoms. The van der Waals surface area contributed by atoms with Crippen LogP contribution in [0.3, 0.4) is 0 Å². The molecule has 0 radical (unpaired) electrons. The van der Waals surface area contributed by atoms with Crippen molar-refractivity contribution in [1.82, 2.24) is 0 Å². The van der Waals surface area contributed by atoms with Crippen LogP contribution in [-0.2, 0) is 15.5 Å². The lowest BCUT2D eigenvalue weighted by Crippen LogP contribution is -2.22. The fraction of sp³-hybridized carbons (Fsp3) is 0.500. The predicted octanol–water partition coefficient (Wildman–Crippen LogP) is 2.33. The number of rotatable bonds is 4. The van der Waals surface area contributed by atoms with Crippen molar-refractivity contribution in [3.63, 3.8) is 0 Å². The van der Waals surface area contributed by atoms with E-state index in [0.717, 1.165) is 0 Å². The molecule has 0 bridgehead atoms. The molecule has 3 nitrogen and oxygen atoms in total. The molecule has 2 N–H and O–H groups in total. The van der Waals surface area contributed by atoms with Gasteiger partial charge in [0.1, 0.15) is 5.82 Å². The topological polar surface area (TPSA) is 52.3 Å². The highest BCUT2D eigenvalue weighted by Gasteiger charge is 2.12. The van der Waals surface area contributed by atoms with Crippen LogP contribution >= 0.6 is 0 Å². The van der Waals surface area contributed by atoms with Gasteiger partial charge in [-0.3, -0.25) is 4.21 Å². The van der Waals surface area contributed by atoms with Gasteiger partial charge in [-0.05, 0) is 39.0 Å². The average molecular weight is 259 g/mol. The Hall–Kier alpha value is -0.940. The molecule has 0 aliphatic heterocycles. The Bertz CT molecular complexity index is 415. The molecule has 0 fully saturated rings. The second-order valence-corrected chi connectivity index (χ2v) is 6.26. The zero-order chi connectivity index (χ0) is 13.1. The molecule has 0 aliphatic rings. The minimum atomic E-state index is -1.26. The maximum absolute atomic E-state index is 13.2. The first-order valence-corrected chi connectivity index (χ1v) is 6.69. The zero-order valence-electron chi connectivity index (χ0n) is 10.3. The molecular formula is C12H18FNO2S. The summed E-state index contributed by atoms with van der Waals surface area (Å²) in [6, 6.07) is 4.21. The van der Waals surface area contributed by atoms with Crippen LogP contribution in [0.15, 0.2) is 23.1 Å². The van der Waals surface area contributed by atoms with Gasteiger partial charge in [-0.1, -0.05) is 0 Å². The third kappa shape index (κ3) is 4.83. The Labute approximate surface area is 104 Å². The quantitative estimate of drug-likeness (QED) is 0.844. The number of ether oxygens (including phenoxy) is 1.